The molecule has 2 aliphatic heterocycles. The van der Waals surface area contributed by atoms with Gasteiger partial charge in [0.15, 0.2) is 0 Å². The van der Waals surface area contributed by atoms with Crippen molar-refractivity contribution in [2.75, 3.05) is 13.1 Å². The van der Waals surface area contributed by atoms with E-state index in [9.17, 15) is 13.2 Å². The second kappa shape index (κ2) is 5.11. The minimum Gasteiger partial charge on any atom is -0.364 e. The minimum absolute atomic E-state index is 0.000246. The van der Waals surface area contributed by atoms with Crippen molar-refractivity contribution < 1.29 is 13.2 Å². The third-order valence-electron chi connectivity index (χ3n) is 4.39. The molecule has 0 spiro atoms. The summed E-state index contributed by atoms with van der Waals surface area (Å²) in [4.78, 5) is 11.5. The van der Waals surface area contributed by atoms with E-state index in [0.29, 0.717) is 6.54 Å². The summed E-state index contributed by atoms with van der Waals surface area (Å²) in [6.45, 7) is 1.53. The molecule has 7 nitrogen and oxygen atoms in total. The van der Waals surface area contributed by atoms with Gasteiger partial charge in [0.25, 0.3) is 5.91 Å². The van der Waals surface area contributed by atoms with Crippen LogP contribution in [0.5, 0.6) is 0 Å². The average molecular weight is 312 g/mol. The van der Waals surface area contributed by atoms with Crippen LogP contribution in [-0.4, -0.2) is 48.4 Å². The lowest BCUT2D eigenvalue weighted by Gasteiger charge is -2.26. The summed E-state index contributed by atoms with van der Waals surface area (Å²) in [6, 6.07) is 1.42. The van der Waals surface area contributed by atoms with E-state index in [1.54, 1.807) is 11.4 Å². The number of nitrogens with one attached hydrogen (secondary N) is 1. The Morgan fingerprint density at radius 3 is 2.71 bits per heavy atom. The predicted octanol–water partition coefficient (Wildman–Crippen LogP) is -0.361. The van der Waals surface area contributed by atoms with Gasteiger partial charge in [-0.1, -0.05) is 0 Å². The Balaban J connectivity index is 2.00. The van der Waals surface area contributed by atoms with Crippen LogP contribution in [-0.2, 0) is 17.1 Å². The molecule has 0 saturated carbocycles. The van der Waals surface area contributed by atoms with Gasteiger partial charge in [-0.25, -0.2) is 8.42 Å². The number of primary amides is 1. The first kappa shape index (κ1) is 14.6. The number of sulfonamides is 1. The highest BCUT2D eigenvalue weighted by molar-refractivity contribution is 7.89. The first-order valence-electron chi connectivity index (χ1n) is 7.11. The number of aromatic nitrogens is 1. The first-order chi connectivity index (χ1) is 9.91. The molecule has 1 aromatic rings. The van der Waals surface area contributed by atoms with Crippen LogP contribution in [0.25, 0.3) is 0 Å². The zero-order chi connectivity index (χ0) is 15.2. The summed E-state index contributed by atoms with van der Waals surface area (Å²) in [5, 5.41) is 3.28. The largest absolute Gasteiger partial charge is 0.364 e. The molecule has 2 aliphatic rings. The van der Waals surface area contributed by atoms with E-state index in [2.05, 4.69) is 5.32 Å². The normalized spacial score (nSPS) is 26.7. The van der Waals surface area contributed by atoms with E-state index in [0.717, 1.165) is 25.8 Å². The summed E-state index contributed by atoms with van der Waals surface area (Å²) in [5.41, 5.74) is 5.47. The molecule has 3 N–H and O–H groups in total. The highest BCUT2D eigenvalue weighted by Crippen LogP contribution is 2.34. The van der Waals surface area contributed by atoms with Gasteiger partial charge in [-0.15, -0.1) is 0 Å². The van der Waals surface area contributed by atoms with Gasteiger partial charge < -0.3 is 15.6 Å². The Labute approximate surface area is 124 Å². The van der Waals surface area contributed by atoms with Crippen LogP contribution >= 0.6 is 0 Å². The van der Waals surface area contributed by atoms with Crippen molar-refractivity contribution >= 4 is 15.9 Å². The third-order valence-corrected chi connectivity index (χ3v) is 6.37. The van der Waals surface area contributed by atoms with Crippen molar-refractivity contribution in [3.8, 4) is 0 Å². The fraction of sp³-hybridized carbons (Fsp3) is 0.615. The maximum atomic E-state index is 12.9. The monoisotopic (exact) mass is 312 g/mol. The van der Waals surface area contributed by atoms with Crippen LogP contribution in [0.2, 0.25) is 0 Å². The molecule has 0 aromatic carbocycles. The molecule has 2 bridgehead atoms. The molecule has 3 rings (SSSR count). The quantitative estimate of drug-likeness (QED) is 0.796. The lowest BCUT2D eigenvalue weighted by Crippen LogP contribution is -2.42. The number of fused-ring (bicyclic) bond motifs is 2. The molecule has 8 heteroatoms. The predicted molar refractivity (Wildman–Crippen MR) is 77.3 cm³/mol. The Morgan fingerprint density at radius 1 is 1.33 bits per heavy atom. The summed E-state index contributed by atoms with van der Waals surface area (Å²) < 4.78 is 28.9. The fourth-order valence-corrected chi connectivity index (χ4v) is 5.34. The minimum atomic E-state index is -3.59. The number of carbonyl (C=O) groups is 1. The van der Waals surface area contributed by atoms with Gasteiger partial charge in [0, 0.05) is 31.9 Å². The first-order valence-corrected chi connectivity index (χ1v) is 8.55. The van der Waals surface area contributed by atoms with Crippen molar-refractivity contribution in [3.05, 3.63) is 18.0 Å². The number of hydrogen-bond donors (Lipinski definition) is 2. The summed E-state index contributed by atoms with van der Waals surface area (Å²) in [6.07, 6.45) is 4.08. The Bertz CT molecular complexity index is 653. The Kier molecular flexibility index (Phi) is 3.54. The molecule has 21 heavy (non-hydrogen) atoms. The number of carbonyl (C=O) groups excluding carboxylic acids is 1. The number of nitrogens with zero attached hydrogens (tertiary/aromatic N) is 2. The van der Waals surface area contributed by atoms with Gasteiger partial charge in [0.05, 0.1) is 0 Å². The van der Waals surface area contributed by atoms with Gasteiger partial charge >= 0.3 is 0 Å². The van der Waals surface area contributed by atoms with Gasteiger partial charge in [-0.3, -0.25) is 4.79 Å². The van der Waals surface area contributed by atoms with Crippen LogP contribution in [0.3, 0.4) is 0 Å². The molecule has 3 heterocycles. The molecule has 2 unspecified atom stereocenters. The number of aryl methyl sites for hydroxylation is 1. The van der Waals surface area contributed by atoms with E-state index in [1.165, 1.54) is 16.8 Å². The fourth-order valence-electron chi connectivity index (χ4n) is 3.37. The molecule has 1 aromatic heterocycles. The van der Waals surface area contributed by atoms with Gasteiger partial charge in [-0.05, 0) is 31.9 Å². The van der Waals surface area contributed by atoms with Crippen LogP contribution in [0.15, 0.2) is 17.2 Å². The summed E-state index contributed by atoms with van der Waals surface area (Å²) >= 11 is 0. The average Bonchev–Trinajstić information content (AvgIpc) is 2.89. The number of amides is 1. The van der Waals surface area contributed by atoms with Crippen LogP contribution in [0, 0.1) is 0 Å². The van der Waals surface area contributed by atoms with E-state index in [1.807, 2.05) is 0 Å². The second-order valence-electron chi connectivity index (χ2n) is 5.75. The zero-order valence-corrected chi connectivity index (χ0v) is 12.8. The van der Waals surface area contributed by atoms with E-state index >= 15 is 0 Å². The Morgan fingerprint density at radius 2 is 2.05 bits per heavy atom. The van der Waals surface area contributed by atoms with Gasteiger partial charge in [0.2, 0.25) is 10.0 Å². The molecule has 0 radical (unpaired) electrons. The number of rotatable bonds is 3. The molecule has 1 amide bonds. The van der Waals surface area contributed by atoms with Crippen molar-refractivity contribution in [1.82, 2.24) is 14.2 Å². The van der Waals surface area contributed by atoms with Gasteiger partial charge in [-0.2, -0.15) is 4.31 Å². The van der Waals surface area contributed by atoms with Crippen molar-refractivity contribution in [3.63, 3.8) is 0 Å². The third kappa shape index (κ3) is 2.37. The molecule has 2 atom stereocenters. The van der Waals surface area contributed by atoms with E-state index < -0.39 is 15.9 Å². The molecule has 116 valence electrons. The lowest BCUT2D eigenvalue weighted by molar-refractivity contribution is 0.0992. The number of nitrogens with two attached hydrogens (primary N) is 1. The lowest BCUT2D eigenvalue weighted by atomic mass is 10.1. The van der Waals surface area contributed by atoms with Crippen LogP contribution in [0.1, 0.15) is 29.8 Å². The highest BCUT2D eigenvalue weighted by atomic mass is 32.2. The summed E-state index contributed by atoms with van der Waals surface area (Å²) in [5.74, 6) is -0.626. The molecular weight excluding hydrogens is 292 g/mol. The SMILES string of the molecule is Cn1cc(S(=O)(=O)N2C3CCNCC2CC3)cc1C(N)=O. The summed E-state index contributed by atoms with van der Waals surface area (Å²) in [7, 11) is -1.97. The zero-order valence-electron chi connectivity index (χ0n) is 11.9. The van der Waals surface area contributed by atoms with Crippen LogP contribution in [0.4, 0.5) is 0 Å². The van der Waals surface area contributed by atoms with E-state index in [4.69, 9.17) is 5.73 Å². The number of hydrogen-bond acceptors (Lipinski definition) is 4. The van der Waals surface area contributed by atoms with Crippen LogP contribution < -0.4 is 11.1 Å². The maximum Gasteiger partial charge on any atom is 0.265 e. The molecule has 0 aliphatic carbocycles. The second-order valence-corrected chi connectivity index (χ2v) is 7.59. The van der Waals surface area contributed by atoms with Crippen molar-refractivity contribution in [2.45, 2.75) is 36.2 Å². The molecule has 2 fully saturated rings. The van der Waals surface area contributed by atoms with Crippen molar-refractivity contribution in [1.29, 1.82) is 0 Å². The molecule has 2 saturated heterocycles. The highest BCUT2D eigenvalue weighted by Gasteiger charge is 2.43. The Hall–Kier alpha value is -1.38. The van der Waals surface area contributed by atoms with Crippen molar-refractivity contribution in [2.24, 2.45) is 12.8 Å². The molecular formula is C13H20N4O3S. The maximum absolute atomic E-state index is 12.9. The van der Waals surface area contributed by atoms with Gasteiger partial charge in [0.1, 0.15) is 10.6 Å². The van der Waals surface area contributed by atoms with E-state index in [-0.39, 0.29) is 22.7 Å². The smallest absolute Gasteiger partial charge is 0.265 e. The standard InChI is InChI=1S/C13H20N4O3S/c1-16-8-11(6-12(16)13(14)18)21(19,20)17-9-2-3-10(17)7-15-5-4-9/h6,8-10,15H,2-5,7H2,1H3,(H2,14,18). The topological polar surface area (TPSA) is 97.4 Å².